The number of carbonyl (C=O) groups is 1. The van der Waals surface area contributed by atoms with E-state index in [0.717, 1.165) is 12.1 Å². The molecule has 0 aromatic heterocycles. The van der Waals surface area contributed by atoms with E-state index in [4.69, 9.17) is 19.6 Å². The Morgan fingerprint density at radius 3 is 2.56 bits per heavy atom. The van der Waals surface area contributed by atoms with Crippen LogP contribution >= 0.6 is 15.9 Å². The van der Waals surface area contributed by atoms with Gasteiger partial charge in [0.25, 0.3) is 5.91 Å². The summed E-state index contributed by atoms with van der Waals surface area (Å²) in [7, 11) is 0. The number of hydrogen-bond acceptors (Lipinski definition) is 5. The summed E-state index contributed by atoms with van der Waals surface area (Å²) in [6, 6.07) is 16.1. The smallest absolute Gasteiger partial charge is 0.416 e. The number of alkyl halides is 3. The minimum Gasteiger partial charge on any atom is -0.494 e. The van der Waals surface area contributed by atoms with Gasteiger partial charge in [0, 0.05) is 41.6 Å². The van der Waals surface area contributed by atoms with Gasteiger partial charge in [0.1, 0.15) is 11.6 Å². The molecule has 0 radical (unpaired) electrons. The molecule has 4 rings (SSSR count). The zero-order valence-electron chi connectivity index (χ0n) is 21.8. The number of nitrogens with zero attached hydrogens (tertiary/aromatic N) is 1. The zero-order valence-corrected chi connectivity index (χ0v) is 23.3. The molecule has 2 N–H and O–H groups in total. The van der Waals surface area contributed by atoms with Gasteiger partial charge in [-0.3, -0.25) is 4.79 Å². The number of carbonyl (C=O) groups excluding carboxylic acids is 1. The van der Waals surface area contributed by atoms with Crippen LogP contribution in [0.3, 0.4) is 0 Å². The number of aliphatic imine (C=N–C) groups is 1. The standard InChI is InChI=1S/C30H27BrF4N2O4/c1-2-12-29(28(39)36-18-19-15-21(30(33,34)35)17-22(32)16-19)26(24-6-3-4-7-25(24)31)41-27(37-29)20-8-10-23(11-9-20)40-14-5-13-38/h2-4,6-11,15-17,26,38H,1,5,12-14,18H2,(H,36,39)/t26-,29-/m1/s1. The van der Waals surface area contributed by atoms with Gasteiger partial charge < -0.3 is 19.9 Å². The summed E-state index contributed by atoms with van der Waals surface area (Å²) in [5.41, 5.74) is -1.59. The van der Waals surface area contributed by atoms with Crippen LogP contribution in [-0.4, -0.2) is 35.7 Å². The molecule has 3 aromatic rings. The van der Waals surface area contributed by atoms with Gasteiger partial charge in [-0.1, -0.05) is 40.2 Å². The SMILES string of the molecule is C=CC[C@@]1(C(=O)NCc2cc(F)cc(C(F)(F)F)c2)N=C(c2ccc(OCCCO)cc2)O[C@@H]1c1ccccc1Br. The van der Waals surface area contributed by atoms with Gasteiger partial charge >= 0.3 is 6.18 Å². The molecule has 41 heavy (non-hydrogen) atoms. The molecular formula is C30H27BrF4N2O4. The Morgan fingerprint density at radius 1 is 1.17 bits per heavy atom. The number of amides is 1. The summed E-state index contributed by atoms with van der Waals surface area (Å²) in [6.45, 7) is 3.77. The summed E-state index contributed by atoms with van der Waals surface area (Å²) in [4.78, 5) is 18.6. The first-order chi connectivity index (χ1) is 19.6. The molecule has 2 atom stereocenters. The third-order valence-corrected chi connectivity index (χ3v) is 7.13. The van der Waals surface area contributed by atoms with E-state index >= 15 is 0 Å². The van der Waals surface area contributed by atoms with Crippen molar-refractivity contribution in [3.63, 3.8) is 0 Å². The summed E-state index contributed by atoms with van der Waals surface area (Å²) >= 11 is 3.51. The molecule has 3 aromatic carbocycles. The molecule has 0 fully saturated rings. The summed E-state index contributed by atoms with van der Waals surface area (Å²) in [5.74, 6) is -0.944. The van der Waals surface area contributed by atoms with Crippen molar-refractivity contribution in [1.82, 2.24) is 5.32 Å². The molecule has 0 saturated carbocycles. The molecule has 1 aliphatic heterocycles. The number of benzene rings is 3. The van der Waals surface area contributed by atoms with E-state index in [1.54, 1.807) is 48.5 Å². The summed E-state index contributed by atoms with van der Waals surface area (Å²) < 4.78 is 66.2. The molecule has 0 unspecified atom stereocenters. The third-order valence-electron chi connectivity index (χ3n) is 6.41. The van der Waals surface area contributed by atoms with Crippen LogP contribution in [0.15, 0.2) is 88.9 Å². The quantitative estimate of drug-likeness (QED) is 0.143. The highest BCUT2D eigenvalue weighted by atomic mass is 79.9. The van der Waals surface area contributed by atoms with E-state index in [2.05, 4.69) is 27.8 Å². The molecular weight excluding hydrogens is 608 g/mol. The lowest BCUT2D eigenvalue weighted by atomic mass is 9.84. The van der Waals surface area contributed by atoms with E-state index in [9.17, 15) is 22.4 Å². The van der Waals surface area contributed by atoms with Crippen molar-refractivity contribution >= 4 is 27.7 Å². The van der Waals surface area contributed by atoms with Gasteiger partial charge in [0.15, 0.2) is 11.6 Å². The highest BCUT2D eigenvalue weighted by Crippen LogP contribution is 2.45. The maximum Gasteiger partial charge on any atom is 0.416 e. The molecule has 1 aliphatic rings. The lowest BCUT2D eigenvalue weighted by molar-refractivity contribution is -0.137. The van der Waals surface area contributed by atoms with Gasteiger partial charge in [0.2, 0.25) is 5.90 Å². The van der Waals surface area contributed by atoms with Crippen molar-refractivity contribution < 1.29 is 36.9 Å². The number of aliphatic hydroxyl groups excluding tert-OH is 1. The van der Waals surface area contributed by atoms with Crippen LogP contribution in [0.1, 0.15) is 41.2 Å². The average Bonchev–Trinajstić information content (AvgIpc) is 3.32. The second kappa shape index (κ2) is 12.9. The first-order valence-electron chi connectivity index (χ1n) is 12.7. The van der Waals surface area contributed by atoms with Gasteiger partial charge in [-0.25, -0.2) is 9.38 Å². The van der Waals surface area contributed by atoms with Crippen LogP contribution in [-0.2, 0) is 22.3 Å². The second-order valence-electron chi connectivity index (χ2n) is 9.33. The van der Waals surface area contributed by atoms with Gasteiger partial charge in [-0.05, 0) is 54.1 Å². The first-order valence-corrected chi connectivity index (χ1v) is 13.5. The molecule has 11 heteroatoms. The van der Waals surface area contributed by atoms with Crippen molar-refractivity contribution in [3.8, 4) is 5.75 Å². The maximum atomic E-state index is 14.0. The van der Waals surface area contributed by atoms with Crippen LogP contribution in [0.25, 0.3) is 0 Å². The molecule has 0 bridgehead atoms. The Bertz CT molecular complexity index is 1430. The molecule has 1 amide bonds. The molecule has 216 valence electrons. The van der Waals surface area contributed by atoms with E-state index in [1.807, 2.05) is 0 Å². The van der Waals surface area contributed by atoms with Crippen molar-refractivity contribution in [2.24, 2.45) is 4.99 Å². The van der Waals surface area contributed by atoms with E-state index in [-0.39, 0.29) is 31.0 Å². The highest BCUT2D eigenvalue weighted by molar-refractivity contribution is 9.10. The lowest BCUT2D eigenvalue weighted by Crippen LogP contribution is -2.47. The fourth-order valence-electron chi connectivity index (χ4n) is 4.45. The van der Waals surface area contributed by atoms with Crippen molar-refractivity contribution in [2.75, 3.05) is 13.2 Å². The molecule has 0 spiro atoms. The Labute approximate surface area is 242 Å². The van der Waals surface area contributed by atoms with Crippen molar-refractivity contribution in [2.45, 2.75) is 37.2 Å². The monoisotopic (exact) mass is 634 g/mol. The minimum absolute atomic E-state index is 0.00924. The van der Waals surface area contributed by atoms with Gasteiger partial charge in [-0.15, -0.1) is 6.58 Å². The minimum atomic E-state index is -4.74. The predicted octanol–water partition coefficient (Wildman–Crippen LogP) is 6.52. The van der Waals surface area contributed by atoms with Gasteiger partial charge in [0.05, 0.1) is 12.2 Å². The molecule has 0 saturated heterocycles. The number of nitrogens with one attached hydrogen (secondary N) is 1. The van der Waals surface area contributed by atoms with Crippen LogP contribution < -0.4 is 10.1 Å². The third kappa shape index (κ3) is 6.97. The van der Waals surface area contributed by atoms with Crippen molar-refractivity contribution in [1.29, 1.82) is 0 Å². The topological polar surface area (TPSA) is 80.2 Å². The van der Waals surface area contributed by atoms with Crippen LogP contribution in [0.5, 0.6) is 5.75 Å². The normalized spacial score (nSPS) is 18.4. The Kier molecular flexibility index (Phi) is 9.49. The molecule has 0 aliphatic carbocycles. The Morgan fingerprint density at radius 2 is 1.90 bits per heavy atom. The second-order valence-corrected chi connectivity index (χ2v) is 10.2. The zero-order chi connectivity index (χ0) is 29.6. The number of halogens is 5. The maximum absolute atomic E-state index is 14.0. The van der Waals surface area contributed by atoms with E-state index in [0.29, 0.717) is 40.4 Å². The highest BCUT2D eigenvalue weighted by Gasteiger charge is 2.53. The summed E-state index contributed by atoms with van der Waals surface area (Å²) in [6.07, 6.45) is -3.63. The van der Waals surface area contributed by atoms with Crippen LogP contribution in [0.4, 0.5) is 17.6 Å². The van der Waals surface area contributed by atoms with Crippen molar-refractivity contribution in [3.05, 3.63) is 112 Å². The van der Waals surface area contributed by atoms with Crippen LogP contribution in [0.2, 0.25) is 0 Å². The number of ether oxygens (including phenoxy) is 2. The summed E-state index contributed by atoms with van der Waals surface area (Å²) in [5, 5.41) is 11.6. The van der Waals surface area contributed by atoms with E-state index in [1.165, 1.54) is 6.08 Å². The lowest BCUT2D eigenvalue weighted by Gasteiger charge is -2.30. The predicted molar refractivity (Wildman–Crippen MR) is 149 cm³/mol. The van der Waals surface area contributed by atoms with Gasteiger partial charge in [-0.2, -0.15) is 13.2 Å². The fraction of sp³-hybridized carbons (Fsp3) is 0.267. The average molecular weight is 635 g/mol. The number of hydrogen-bond donors (Lipinski definition) is 2. The Hall–Kier alpha value is -3.70. The molecule has 6 nitrogen and oxygen atoms in total. The van der Waals surface area contributed by atoms with Crippen LogP contribution in [0, 0.1) is 5.82 Å². The molecule has 1 heterocycles. The van der Waals surface area contributed by atoms with E-state index < -0.39 is 35.1 Å². The Balaban J connectivity index is 1.68. The first kappa shape index (κ1) is 30.3. The fourth-order valence-corrected chi connectivity index (χ4v) is 4.94. The number of rotatable bonds is 11. The largest absolute Gasteiger partial charge is 0.494 e. The number of aliphatic hydroxyl groups is 1.